The SMILES string of the molecule is COC(=O)c1c(NCCCOCC2CC2)sc(C#N)c1N. The number of carbonyl (C=O) groups is 1. The van der Waals surface area contributed by atoms with Crippen molar-refractivity contribution in [1.82, 2.24) is 0 Å². The Kier molecular flexibility index (Phi) is 5.42. The summed E-state index contributed by atoms with van der Waals surface area (Å²) in [6.07, 6.45) is 3.39. The lowest BCUT2D eigenvalue weighted by Gasteiger charge is -2.07. The summed E-state index contributed by atoms with van der Waals surface area (Å²) >= 11 is 1.17. The van der Waals surface area contributed by atoms with Crippen LogP contribution >= 0.6 is 11.3 Å². The minimum absolute atomic E-state index is 0.182. The van der Waals surface area contributed by atoms with Gasteiger partial charge in [-0.2, -0.15) is 5.26 Å². The Morgan fingerprint density at radius 2 is 2.33 bits per heavy atom. The van der Waals surface area contributed by atoms with Crippen molar-refractivity contribution in [3.63, 3.8) is 0 Å². The number of methoxy groups -OCH3 is 1. The molecule has 114 valence electrons. The van der Waals surface area contributed by atoms with Crippen LogP contribution in [0, 0.1) is 17.2 Å². The summed E-state index contributed by atoms with van der Waals surface area (Å²) < 4.78 is 10.2. The molecule has 2 rings (SSSR count). The van der Waals surface area contributed by atoms with Crippen LogP contribution in [-0.2, 0) is 9.47 Å². The average Bonchev–Trinajstić information content (AvgIpc) is 3.25. The molecule has 1 heterocycles. The molecular formula is C14H19N3O3S. The average molecular weight is 309 g/mol. The lowest BCUT2D eigenvalue weighted by molar-refractivity contribution is 0.0603. The van der Waals surface area contributed by atoms with E-state index in [1.54, 1.807) is 0 Å². The number of ether oxygens (including phenoxy) is 2. The van der Waals surface area contributed by atoms with E-state index in [0.29, 0.717) is 23.0 Å². The number of carbonyl (C=O) groups excluding carboxylic acids is 1. The first-order valence-electron chi connectivity index (χ1n) is 6.89. The van der Waals surface area contributed by atoms with E-state index in [0.717, 1.165) is 18.9 Å². The Morgan fingerprint density at radius 3 is 2.95 bits per heavy atom. The molecular weight excluding hydrogens is 290 g/mol. The molecule has 0 aromatic carbocycles. The molecule has 21 heavy (non-hydrogen) atoms. The van der Waals surface area contributed by atoms with Gasteiger partial charge in [-0.15, -0.1) is 11.3 Å². The van der Waals surface area contributed by atoms with Crippen LogP contribution in [0.4, 0.5) is 10.7 Å². The molecule has 0 saturated heterocycles. The zero-order valence-corrected chi connectivity index (χ0v) is 12.8. The zero-order chi connectivity index (χ0) is 15.2. The standard InChI is InChI=1S/C14H19N3O3S/c1-19-14(18)11-12(16)10(7-15)21-13(11)17-5-2-6-20-8-9-3-4-9/h9,17H,2-6,8,16H2,1H3. The molecule has 7 heteroatoms. The third kappa shape index (κ3) is 4.09. The minimum Gasteiger partial charge on any atom is -0.465 e. The molecule has 0 atom stereocenters. The van der Waals surface area contributed by atoms with Crippen LogP contribution in [0.3, 0.4) is 0 Å². The minimum atomic E-state index is -0.530. The second-order valence-corrected chi connectivity index (χ2v) is 5.97. The van der Waals surface area contributed by atoms with Crippen LogP contribution in [0.1, 0.15) is 34.5 Å². The summed E-state index contributed by atoms with van der Waals surface area (Å²) in [4.78, 5) is 12.1. The van der Waals surface area contributed by atoms with Crippen molar-refractivity contribution >= 4 is 28.0 Å². The van der Waals surface area contributed by atoms with E-state index in [2.05, 4.69) is 5.32 Å². The molecule has 1 aromatic rings. The maximum Gasteiger partial charge on any atom is 0.343 e. The largest absolute Gasteiger partial charge is 0.465 e. The Labute approximate surface area is 127 Å². The number of anilines is 2. The number of hydrogen-bond acceptors (Lipinski definition) is 7. The summed E-state index contributed by atoms with van der Waals surface area (Å²) in [6.45, 7) is 2.18. The third-order valence-electron chi connectivity index (χ3n) is 3.24. The number of nitrogens with zero attached hydrogens (tertiary/aromatic N) is 1. The molecule has 3 N–H and O–H groups in total. The highest BCUT2D eigenvalue weighted by Gasteiger charge is 2.23. The first-order valence-corrected chi connectivity index (χ1v) is 7.71. The van der Waals surface area contributed by atoms with Crippen LogP contribution < -0.4 is 11.1 Å². The number of nitrogens with one attached hydrogen (secondary N) is 1. The Bertz CT molecular complexity index is 546. The third-order valence-corrected chi connectivity index (χ3v) is 4.31. The zero-order valence-electron chi connectivity index (χ0n) is 12.0. The van der Waals surface area contributed by atoms with Crippen LogP contribution in [0.25, 0.3) is 0 Å². The summed E-state index contributed by atoms with van der Waals surface area (Å²) in [5.41, 5.74) is 6.24. The smallest absolute Gasteiger partial charge is 0.343 e. The van der Waals surface area contributed by atoms with Crippen molar-refractivity contribution in [1.29, 1.82) is 5.26 Å². The quantitative estimate of drug-likeness (QED) is 0.564. The van der Waals surface area contributed by atoms with Gasteiger partial charge in [0.25, 0.3) is 0 Å². The fourth-order valence-electron chi connectivity index (χ4n) is 1.87. The van der Waals surface area contributed by atoms with Gasteiger partial charge in [-0.3, -0.25) is 0 Å². The van der Waals surface area contributed by atoms with E-state index in [-0.39, 0.29) is 11.3 Å². The van der Waals surface area contributed by atoms with Gasteiger partial charge in [0, 0.05) is 19.8 Å². The van der Waals surface area contributed by atoms with E-state index in [1.807, 2.05) is 6.07 Å². The van der Waals surface area contributed by atoms with Crippen LogP contribution in [0.15, 0.2) is 0 Å². The van der Waals surface area contributed by atoms with Crippen molar-refractivity contribution in [2.24, 2.45) is 5.92 Å². The number of nitrogens with two attached hydrogens (primary N) is 1. The normalized spacial score (nSPS) is 13.7. The van der Waals surface area contributed by atoms with Crippen LogP contribution in [-0.4, -0.2) is 32.8 Å². The number of nitriles is 1. The first-order chi connectivity index (χ1) is 10.2. The van der Waals surface area contributed by atoms with E-state index >= 15 is 0 Å². The van der Waals surface area contributed by atoms with Gasteiger partial charge < -0.3 is 20.5 Å². The molecule has 0 radical (unpaired) electrons. The molecule has 1 aliphatic rings. The lowest BCUT2D eigenvalue weighted by Crippen LogP contribution is -2.10. The second-order valence-electron chi connectivity index (χ2n) is 4.95. The van der Waals surface area contributed by atoms with Crippen molar-refractivity contribution in [2.45, 2.75) is 19.3 Å². The lowest BCUT2D eigenvalue weighted by atomic mass is 10.2. The van der Waals surface area contributed by atoms with Crippen molar-refractivity contribution in [3.8, 4) is 6.07 Å². The van der Waals surface area contributed by atoms with Gasteiger partial charge in [-0.25, -0.2) is 4.79 Å². The summed E-state index contributed by atoms with van der Waals surface area (Å²) in [6, 6.07) is 1.99. The van der Waals surface area contributed by atoms with E-state index in [1.165, 1.54) is 31.3 Å². The van der Waals surface area contributed by atoms with E-state index in [4.69, 9.17) is 20.5 Å². The van der Waals surface area contributed by atoms with Gasteiger partial charge in [0.2, 0.25) is 0 Å². The highest BCUT2D eigenvalue weighted by molar-refractivity contribution is 7.17. The fourth-order valence-corrected chi connectivity index (χ4v) is 2.80. The maximum absolute atomic E-state index is 11.7. The predicted molar refractivity (Wildman–Crippen MR) is 81.4 cm³/mol. The van der Waals surface area contributed by atoms with Crippen LogP contribution in [0.5, 0.6) is 0 Å². The van der Waals surface area contributed by atoms with Gasteiger partial charge in [-0.05, 0) is 25.2 Å². The molecule has 1 saturated carbocycles. The second kappa shape index (κ2) is 7.29. The molecule has 0 bridgehead atoms. The number of thiophene rings is 1. The van der Waals surface area contributed by atoms with Crippen molar-refractivity contribution in [3.05, 3.63) is 10.4 Å². The Balaban J connectivity index is 1.86. The highest BCUT2D eigenvalue weighted by atomic mass is 32.1. The van der Waals surface area contributed by atoms with E-state index < -0.39 is 5.97 Å². The van der Waals surface area contributed by atoms with Gasteiger partial charge >= 0.3 is 5.97 Å². The molecule has 1 aromatic heterocycles. The molecule has 0 spiro atoms. The summed E-state index contributed by atoms with van der Waals surface area (Å²) in [5.74, 6) is 0.233. The Hall–Kier alpha value is -1.78. The maximum atomic E-state index is 11.7. The van der Waals surface area contributed by atoms with Gasteiger partial charge in [0.15, 0.2) is 0 Å². The monoisotopic (exact) mass is 309 g/mol. The molecule has 1 fully saturated rings. The first kappa shape index (κ1) is 15.6. The number of hydrogen-bond donors (Lipinski definition) is 2. The molecule has 0 unspecified atom stereocenters. The predicted octanol–water partition coefficient (Wildman–Crippen LogP) is 2.22. The summed E-state index contributed by atoms with van der Waals surface area (Å²) in [5, 5.41) is 12.7. The summed E-state index contributed by atoms with van der Waals surface area (Å²) in [7, 11) is 1.29. The fraction of sp³-hybridized carbons (Fsp3) is 0.571. The molecule has 0 amide bonds. The van der Waals surface area contributed by atoms with Gasteiger partial charge in [0.05, 0.1) is 12.8 Å². The number of esters is 1. The molecule has 6 nitrogen and oxygen atoms in total. The number of rotatable bonds is 8. The van der Waals surface area contributed by atoms with Gasteiger partial charge in [-0.1, -0.05) is 0 Å². The van der Waals surface area contributed by atoms with Gasteiger partial charge in [0.1, 0.15) is 21.5 Å². The van der Waals surface area contributed by atoms with Crippen molar-refractivity contribution < 1.29 is 14.3 Å². The molecule has 1 aliphatic carbocycles. The van der Waals surface area contributed by atoms with E-state index in [9.17, 15) is 4.79 Å². The highest BCUT2D eigenvalue weighted by Crippen LogP contribution is 2.35. The topological polar surface area (TPSA) is 97.4 Å². The van der Waals surface area contributed by atoms with Crippen LogP contribution in [0.2, 0.25) is 0 Å². The molecule has 0 aliphatic heterocycles. The Morgan fingerprint density at radius 1 is 1.57 bits per heavy atom. The number of nitrogen functional groups attached to an aromatic ring is 1. The van der Waals surface area contributed by atoms with Crippen molar-refractivity contribution in [2.75, 3.05) is 37.9 Å².